The highest BCUT2D eigenvalue weighted by Crippen LogP contribution is 2.46. The maximum atomic E-state index is 12.6. The summed E-state index contributed by atoms with van der Waals surface area (Å²) in [5.74, 6) is -0.0304. The maximum absolute atomic E-state index is 12.6. The van der Waals surface area contributed by atoms with E-state index in [1.165, 1.54) is 9.32 Å². The van der Waals surface area contributed by atoms with Crippen molar-refractivity contribution in [1.29, 1.82) is 0 Å². The summed E-state index contributed by atoms with van der Waals surface area (Å²) in [6.45, 7) is 0. The number of aryl methyl sites for hydroxylation is 1. The number of nitrogens with zero attached hydrogens (tertiary/aromatic N) is 3. The Morgan fingerprint density at radius 2 is 2.39 bits per heavy atom. The van der Waals surface area contributed by atoms with Crippen LogP contribution in [0.2, 0.25) is 0 Å². The second-order valence-electron chi connectivity index (χ2n) is 4.89. The molecule has 1 spiro atoms. The molecule has 0 radical (unpaired) electrons. The van der Waals surface area contributed by atoms with Crippen LogP contribution in [0.4, 0.5) is 0 Å². The van der Waals surface area contributed by atoms with E-state index >= 15 is 0 Å². The van der Waals surface area contributed by atoms with E-state index in [2.05, 4.69) is 4.98 Å². The van der Waals surface area contributed by atoms with Crippen LogP contribution in [0.3, 0.4) is 0 Å². The van der Waals surface area contributed by atoms with E-state index in [9.17, 15) is 4.79 Å². The molecule has 3 rings (SSSR count). The number of amides is 1. The lowest BCUT2D eigenvalue weighted by molar-refractivity contribution is -0.133. The van der Waals surface area contributed by atoms with Crippen LogP contribution in [0.5, 0.6) is 0 Å². The third-order valence-electron chi connectivity index (χ3n) is 4.00. The van der Waals surface area contributed by atoms with E-state index in [1.807, 2.05) is 12.3 Å². The molecule has 2 heterocycles. The van der Waals surface area contributed by atoms with Gasteiger partial charge in [0, 0.05) is 19.4 Å². The number of fused-ring (bicyclic) bond motifs is 2. The lowest BCUT2D eigenvalue weighted by Gasteiger charge is -2.36. The van der Waals surface area contributed by atoms with Crippen molar-refractivity contribution in [1.82, 2.24) is 14.3 Å². The molecule has 2 N–H and O–H groups in total. The summed E-state index contributed by atoms with van der Waals surface area (Å²) in [4.78, 5) is 18.2. The summed E-state index contributed by atoms with van der Waals surface area (Å²) in [7, 11) is 1.69. The van der Waals surface area contributed by atoms with Gasteiger partial charge in [-0.25, -0.2) is 0 Å². The second-order valence-corrected chi connectivity index (χ2v) is 5.25. The van der Waals surface area contributed by atoms with Gasteiger partial charge in [-0.2, -0.15) is 4.42 Å². The van der Waals surface area contributed by atoms with Gasteiger partial charge in [-0.3, -0.25) is 15.5 Å². The van der Waals surface area contributed by atoms with Crippen molar-refractivity contribution in [3.63, 3.8) is 0 Å². The van der Waals surface area contributed by atoms with E-state index in [-0.39, 0.29) is 5.91 Å². The quantitative estimate of drug-likeness (QED) is 0.705. The molecule has 96 valence electrons. The third kappa shape index (κ3) is 1.29. The van der Waals surface area contributed by atoms with Crippen LogP contribution < -0.4 is 5.73 Å². The van der Waals surface area contributed by atoms with Gasteiger partial charge in [0.05, 0.1) is 0 Å². The predicted molar refractivity (Wildman–Crippen MR) is 67.3 cm³/mol. The average Bonchev–Trinajstić information content (AvgIpc) is 2.56. The molecule has 1 fully saturated rings. The minimum absolute atomic E-state index is 0.0304. The van der Waals surface area contributed by atoms with E-state index in [1.54, 1.807) is 13.2 Å². The highest BCUT2D eigenvalue weighted by molar-refractivity contribution is 6.17. The van der Waals surface area contributed by atoms with Gasteiger partial charge in [0.2, 0.25) is 0 Å². The number of pyridine rings is 1. The summed E-state index contributed by atoms with van der Waals surface area (Å²) < 4.78 is 1.47. The van der Waals surface area contributed by atoms with Crippen molar-refractivity contribution in [2.24, 2.45) is 5.73 Å². The van der Waals surface area contributed by atoms with E-state index < -0.39 is 11.8 Å². The Balaban J connectivity index is 2.20. The molecule has 5 nitrogen and oxygen atoms in total. The van der Waals surface area contributed by atoms with E-state index in [4.69, 9.17) is 17.5 Å². The highest BCUT2D eigenvalue weighted by atomic mass is 35.5. The van der Waals surface area contributed by atoms with Gasteiger partial charge in [0.1, 0.15) is 5.54 Å². The highest BCUT2D eigenvalue weighted by Gasteiger charge is 2.57. The van der Waals surface area contributed by atoms with Crippen LogP contribution >= 0.6 is 11.8 Å². The Morgan fingerprint density at radius 3 is 3.06 bits per heavy atom. The first-order valence-corrected chi connectivity index (χ1v) is 6.34. The summed E-state index contributed by atoms with van der Waals surface area (Å²) >= 11 is 6.34. The number of likely N-dealkylation sites (N-methyl/N-ethyl adjacent to an activating group) is 1. The number of aromatic nitrogens is 1. The fourth-order valence-corrected chi connectivity index (χ4v) is 3.40. The lowest BCUT2D eigenvalue weighted by atomic mass is 9.77. The third-order valence-corrected chi connectivity index (χ3v) is 4.49. The SMILES string of the molecule is CN1C(=O)C2(CCCc3cnccc32)N(Cl)C1N. The van der Waals surface area contributed by atoms with Crippen LogP contribution in [0, 0.1) is 0 Å². The molecule has 0 aromatic carbocycles. The molecule has 1 aromatic rings. The van der Waals surface area contributed by atoms with Crippen LogP contribution in [-0.2, 0) is 16.8 Å². The lowest BCUT2D eigenvalue weighted by Crippen LogP contribution is -2.47. The number of carbonyl (C=O) groups is 1. The molecule has 1 amide bonds. The normalized spacial score (nSPS) is 32.1. The van der Waals surface area contributed by atoms with Crippen molar-refractivity contribution in [3.05, 3.63) is 29.6 Å². The van der Waals surface area contributed by atoms with Crippen molar-refractivity contribution < 1.29 is 4.79 Å². The summed E-state index contributed by atoms with van der Waals surface area (Å²) in [5, 5.41) is 0. The van der Waals surface area contributed by atoms with Crippen molar-refractivity contribution in [2.45, 2.75) is 31.1 Å². The summed E-state index contributed by atoms with van der Waals surface area (Å²) in [6, 6.07) is 1.88. The van der Waals surface area contributed by atoms with Gasteiger partial charge in [-0.05, 0) is 48.2 Å². The molecule has 2 aliphatic rings. The number of nitrogens with two attached hydrogens (primary N) is 1. The summed E-state index contributed by atoms with van der Waals surface area (Å²) in [6.07, 6.45) is 5.48. The van der Waals surface area contributed by atoms with Gasteiger partial charge in [0.15, 0.2) is 6.29 Å². The Labute approximate surface area is 111 Å². The number of rotatable bonds is 0. The number of carbonyl (C=O) groups excluding carboxylic acids is 1. The molecule has 1 aromatic heterocycles. The smallest absolute Gasteiger partial charge is 0.251 e. The predicted octanol–water partition coefficient (Wildman–Crippen LogP) is 0.783. The topological polar surface area (TPSA) is 62.5 Å². The first-order valence-electron chi connectivity index (χ1n) is 6.00. The van der Waals surface area contributed by atoms with Crippen LogP contribution in [0.1, 0.15) is 24.0 Å². The van der Waals surface area contributed by atoms with Crippen LogP contribution in [0.15, 0.2) is 18.5 Å². The van der Waals surface area contributed by atoms with Gasteiger partial charge in [-0.15, -0.1) is 0 Å². The van der Waals surface area contributed by atoms with Gasteiger partial charge >= 0.3 is 0 Å². The molecular weight excluding hydrogens is 252 g/mol. The fraction of sp³-hybridized carbons (Fsp3) is 0.500. The molecule has 0 saturated carbocycles. The zero-order valence-corrected chi connectivity index (χ0v) is 10.9. The van der Waals surface area contributed by atoms with Crippen LogP contribution in [0.25, 0.3) is 0 Å². The fourth-order valence-electron chi connectivity index (χ4n) is 3.02. The van der Waals surface area contributed by atoms with Crippen molar-refractivity contribution in [2.75, 3.05) is 7.05 Å². The minimum Gasteiger partial charge on any atom is -0.314 e. The molecule has 2 unspecified atom stereocenters. The van der Waals surface area contributed by atoms with Crippen molar-refractivity contribution in [3.8, 4) is 0 Å². The molecular formula is C12H15ClN4O. The van der Waals surface area contributed by atoms with E-state index in [0.29, 0.717) is 6.42 Å². The van der Waals surface area contributed by atoms with Crippen molar-refractivity contribution >= 4 is 17.7 Å². The molecule has 0 bridgehead atoms. The zero-order valence-electron chi connectivity index (χ0n) is 10.1. The monoisotopic (exact) mass is 266 g/mol. The van der Waals surface area contributed by atoms with Crippen LogP contribution in [-0.4, -0.2) is 33.5 Å². The average molecular weight is 267 g/mol. The zero-order chi connectivity index (χ0) is 12.9. The Hall–Kier alpha value is -1.17. The minimum atomic E-state index is -0.813. The van der Waals surface area contributed by atoms with Gasteiger partial charge in [0.25, 0.3) is 5.91 Å². The maximum Gasteiger partial charge on any atom is 0.251 e. The Kier molecular flexibility index (Phi) is 2.59. The molecule has 1 aliphatic heterocycles. The number of hydrogen-bond donors (Lipinski definition) is 1. The molecule has 2 atom stereocenters. The summed E-state index contributed by atoms with van der Waals surface area (Å²) in [5.41, 5.74) is 7.18. The molecule has 1 aliphatic carbocycles. The van der Waals surface area contributed by atoms with E-state index in [0.717, 1.165) is 24.0 Å². The van der Waals surface area contributed by atoms with Gasteiger partial charge < -0.3 is 4.90 Å². The first-order chi connectivity index (χ1) is 8.59. The second kappa shape index (κ2) is 3.91. The molecule has 18 heavy (non-hydrogen) atoms. The Morgan fingerprint density at radius 1 is 1.61 bits per heavy atom. The standard InChI is InChI=1S/C12H15ClN4O/c1-16-10(18)12(17(13)11(16)14)5-2-3-8-7-15-6-4-9(8)12/h4,6-7,11H,2-3,5,14H2,1H3. The first kappa shape index (κ1) is 11.9. The largest absolute Gasteiger partial charge is 0.314 e. The Bertz CT molecular complexity index is 509. The molecule has 1 saturated heterocycles. The van der Waals surface area contributed by atoms with Gasteiger partial charge in [-0.1, -0.05) is 0 Å². The number of halogens is 1. The number of hydrogen-bond acceptors (Lipinski definition) is 4. The molecule has 6 heteroatoms.